The van der Waals surface area contributed by atoms with Crippen molar-refractivity contribution in [1.82, 2.24) is 0 Å². The van der Waals surface area contributed by atoms with Gasteiger partial charge in [0, 0.05) is 16.9 Å². The Morgan fingerprint density at radius 3 is 2.95 bits per heavy atom. The van der Waals surface area contributed by atoms with Crippen LogP contribution in [0, 0.1) is 17.8 Å². The van der Waals surface area contributed by atoms with Crippen LogP contribution in [0.1, 0.15) is 36.8 Å². The summed E-state index contributed by atoms with van der Waals surface area (Å²) < 4.78 is 7.00. The average Bonchev–Trinajstić information content (AvgIpc) is 3.13. The number of hydrogen-bond acceptors (Lipinski definition) is 2. The van der Waals surface area contributed by atoms with Gasteiger partial charge in [-0.15, -0.1) is 0 Å². The second kappa shape index (κ2) is 5.03. The molecule has 20 heavy (non-hydrogen) atoms. The number of hydrogen-bond donors (Lipinski definition) is 1. The van der Waals surface area contributed by atoms with E-state index in [0.717, 1.165) is 47.4 Å². The van der Waals surface area contributed by atoms with Crippen LogP contribution in [0.2, 0.25) is 0 Å². The highest BCUT2D eigenvalue weighted by Crippen LogP contribution is 2.49. The summed E-state index contributed by atoms with van der Waals surface area (Å²) in [4.78, 5) is 0. The van der Waals surface area contributed by atoms with Crippen molar-refractivity contribution >= 4 is 15.9 Å². The molecule has 1 aromatic rings. The van der Waals surface area contributed by atoms with Crippen LogP contribution in [-0.2, 0) is 12.8 Å². The smallest absolute Gasteiger partial charge is 0.125 e. The molecule has 1 aromatic carbocycles. The molecule has 2 N–H and O–H groups in total. The van der Waals surface area contributed by atoms with E-state index in [9.17, 15) is 0 Å². The van der Waals surface area contributed by atoms with Gasteiger partial charge in [-0.25, -0.2) is 0 Å². The van der Waals surface area contributed by atoms with Crippen molar-refractivity contribution in [2.45, 2.75) is 44.6 Å². The predicted octanol–water partition coefficient (Wildman–Crippen LogP) is 3.69. The summed E-state index contributed by atoms with van der Waals surface area (Å²) >= 11 is 3.63. The van der Waals surface area contributed by atoms with Crippen molar-refractivity contribution in [3.05, 3.63) is 27.7 Å². The first-order valence-electron chi connectivity index (χ1n) is 7.90. The van der Waals surface area contributed by atoms with Crippen molar-refractivity contribution in [1.29, 1.82) is 0 Å². The minimum atomic E-state index is 0.299. The molecule has 3 heteroatoms. The lowest BCUT2D eigenvalue weighted by Crippen LogP contribution is -2.35. The molecule has 0 radical (unpaired) electrons. The van der Waals surface area contributed by atoms with E-state index in [1.807, 2.05) is 0 Å². The van der Waals surface area contributed by atoms with Gasteiger partial charge in [-0.3, -0.25) is 0 Å². The van der Waals surface area contributed by atoms with Gasteiger partial charge in [0.2, 0.25) is 0 Å². The molecule has 4 unspecified atom stereocenters. The lowest BCUT2D eigenvalue weighted by atomic mass is 9.81. The Kier molecular flexibility index (Phi) is 3.30. The second-order valence-corrected chi connectivity index (χ2v) is 7.77. The Morgan fingerprint density at radius 2 is 2.20 bits per heavy atom. The van der Waals surface area contributed by atoms with Crippen LogP contribution in [0.15, 0.2) is 16.6 Å². The van der Waals surface area contributed by atoms with Gasteiger partial charge in [0.05, 0.1) is 6.61 Å². The number of fused-ring (bicyclic) bond motifs is 3. The number of benzene rings is 1. The van der Waals surface area contributed by atoms with Crippen LogP contribution in [0.25, 0.3) is 0 Å². The summed E-state index contributed by atoms with van der Waals surface area (Å²) in [6, 6.07) is 4.69. The maximum Gasteiger partial charge on any atom is 0.125 e. The van der Waals surface area contributed by atoms with Gasteiger partial charge >= 0.3 is 0 Å². The Balaban J connectivity index is 1.54. The van der Waals surface area contributed by atoms with Gasteiger partial charge in [0.15, 0.2) is 0 Å². The molecular weight excluding hydrogens is 314 g/mol. The van der Waals surface area contributed by atoms with Crippen molar-refractivity contribution in [3.63, 3.8) is 0 Å². The van der Waals surface area contributed by atoms with E-state index in [0.29, 0.717) is 6.04 Å². The normalized spacial score (nSPS) is 32.2. The Labute approximate surface area is 129 Å². The quantitative estimate of drug-likeness (QED) is 0.914. The van der Waals surface area contributed by atoms with Crippen LogP contribution < -0.4 is 10.5 Å². The van der Waals surface area contributed by atoms with Crippen LogP contribution in [-0.4, -0.2) is 12.6 Å². The highest BCUT2D eigenvalue weighted by atomic mass is 79.9. The topological polar surface area (TPSA) is 35.2 Å². The standard InChI is InChI=1S/C17H22BrNO/c18-14-7-12-3-4-20-17(12)13(8-14)9-16(19)15-6-10-1-2-11(15)5-10/h7-8,10-11,15-16H,1-6,9,19H2. The van der Waals surface area contributed by atoms with Crippen molar-refractivity contribution in [3.8, 4) is 5.75 Å². The first kappa shape index (κ1) is 13.1. The van der Waals surface area contributed by atoms with Crippen LogP contribution in [0.4, 0.5) is 0 Å². The van der Waals surface area contributed by atoms with E-state index in [1.165, 1.54) is 36.8 Å². The van der Waals surface area contributed by atoms with E-state index in [2.05, 4.69) is 28.1 Å². The molecule has 4 atom stereocenters. The maximum atomic E-state index is 6.57. The molecule has 2 aliphatic carbocycles. The minimum Gasteiger partial charge on any atom is -0.493 e. The largest absolute Gasteiger partial charge is 0.493 e. The maximum absolute atomic E-state index is 6.57. The molecule has 0 saturated heterocycles. The molecule has 2 saturated carbocycles. The average molecular weight is 336 g/mol. The fourth-order valence-corrected chi connectivity index (χ4v) is 5.27. The zero-order valence-corrected chi connectivity index (χ0v) is 13.4. The molecule has 2 fully saturated rings. The molecule has 2 nitrogen and oxygen atoms in total. The molecule has 2 bridgehead atoms. The third kappa shape index (κ3) is 2.19. The third-order valence-corrected chi connectivity index (χ3v) is 6.08. The van der Waals surface area contributed by atoms with Crippen molar-refractivity contribution in [2.24, 2.45) is 23.5 Å². The van der Waals surface area contributed by atoms with Crippen LogP contribution in [0.3, 0.4) is 0 Å². The number of rotatable bonds is 3. The summed E-state index contributed by atoms with van der Waals surface area (Å²) in [5, 5.41) is 0. The second-order valence-electron chi connectivity index (χ2n) is 6.86. The zero-order chi connectivity index (χ0) is 13.7. The van der Waals surface area contributed by atoms with Gasteiger partial charge in [-0.05, 0) is 66.7 Å². The van der Waals surface area contributed by atoms with E-state index in [-0.39, 0.29) is 0 Å². The summed E-state index contributed by atoms with van der Waals surface area (Å²) in [5.74, 6) is 3.73. The molecule has 1 heterocycles. The van der Waals surface area contributed by atoms with Gasteiger partial charge < -0.3 is 10.5 Å². The third-order valence-electron chi connectivity index (χ3n) is 5.62. The summed E-state index contributed by atoms with van der Waals surface area (Å²) in [6.07, 6.45) is 7.66. The molecule has 3 aliphatic rings. The number of halogens is 1. The molecule has 108 valence electrons. The number of nitrogens with two attached hydrogens (primary N) is 1. The number of ether oxygens (including phenoxy) is 1. The lowest BCUT2D eigenvalue weighted by Gasteiger charge is -2.28. The fourth-order valence-electron chi connectivity index (χ4n) is 4.72. The van der Waals surface area contributed by atoms with Crippen LogP contribution in [0.5, 0.6) is 5.75 Å². The monoisotopic (exact) mass is 335 g/mol. The van der Waals surface area contributed by atoms with Gasteiger partial charge in [-0.1, -0.05) is 22.4 Å². The molecular formula is C17H22BrNO. The van der Waals surface area contributed by atoms with Gasteiger partial charge in [0.25, 0.3) is 0 Å². The van der Waals surface area contributed by atoms with Gasteiger partial charge in [-0.2, -0.15) is 0 Å². The first-order chi connectivity index (χ1) is 9.70. The fraction of sp³-hybridized carbons (Fsp3) is 0.647. The zero-order valence-electron chi connectivity index (χ0n) is 11.8. The summed E-state index contributed by atoms with van der Waals surface area (Å²) in [7, 11) is 0. The summed E-state index contributed by atoms with van der Waals surface area (Å²) in [5.41, 5.74) is 9.22. The molecule has 4 rings (SSSR count). The Bertz CT molecular complexity index is 530. The van der Waals surface area contributed by atoms with Gasteiger partial charge in [0.1, 0.15) is 5.75 Å². The Morgan fingerprint density at radius 1 is 1.30 bits per heavy atom. The summed E-state index contributed by atoms with van der Waals surface area (Å²) in [6.45, 7) is 0.822. The Hall–Kier alpha value is -0.540. The molecule has 0 amide bonds. The minimum absolute atomic E-state index is 0.299. The van der Waals surface area contributed by atoms with E-state index >= 15 is 0 Å². The highest BCUT2D eigenvalue weighted by molar-refractivity contribution is 9.10. The lowest BCUT2D eigenvalue weighted by molar-refractivity contribution is 0.278. The van der Waals surface area contributed by atoms with E-state index in [4.69, 9.17) is 10.5 Å². The predicted molar refractivity (Wildman–Crippen MR) is 84.0 cm³/mol. The molecule has 0 spiro atoms. The molecule has 0 aromatic heterocycles. The van der Waals surface area contributed by atoms with Crippen molar-refractivity contribution < 1.29 is 4.74 Å². The van der Waals surface area contributed by atoms with Crippen LogP contribution >= 0.6 is 15.9 Å². The first-order valence-corrected chi connectivity index (χ1v) is 8.69. The van der Waals surface area contributed by atoms with Crippen molar-refractivity contribution in [2.75, 3.05) is 6.61 Å². The SMILES string of the molecule is NC(Cc1cc(Br)cc2c1OCC2)C1CC2CCC1C2. The highest BCUT2D eigenvalue weighted by Gasteiger charge is 2.42. The molecule has 1 aliphatic heterocycles. The van der Waals surface area contributed by atoms with E-state index < -0.39 is 0 Å². The van der Waals surface area contributed by atoms with E-state index in [1.54, 1.807) is 0 Å².